The first-order valence-electron chi connectivity index (χ1n) is 8.04. The third-order valence-electron chi connectivity index (χ3n) is 3.92. The third-order valence-corrected chi connectivity index (χ3v) is 3.92. The quantitative estimate of drug-likeness (QED) is 0.707. The number of carbonyl (C=O) groups is 1. The molecule has 128 valence electrons. The van der Waals surface area contributed by atoms with Gasteiger partial charge in [0, 0.05) is 16.9 Å². The van der Waals surface area contributed by atoms with Crippen LogP contribution in [0.5, 0.6) is 0 Å². The van der Waals surface area contributed by atoms with Crippen molar-refractivity contribution < 1.29 is 14.3 Å². The highest BCUT2D eigenvalue weighted by molar-refractivity contribution is 5.71. The topological polar surface area (TPSA) is 88.3 Å². The number of benzene rings is 1. The summed E-state index contributed by atoms with van der Waals surface area (Å²) in [4.78, 5) is 20.0. The van der Waals surface area contributed by atoms with Crippen molar-refractivity contribution in [3.8, 4) is 11.4 Å². The molecule has 0 radical (unpaired) electrons. The smallest absolute Gasteiger partial charge is 0.307 e. The Hall–Kier alpha value is -3.15. The summed E-state index contributed by atoms with van der Waals surface area (Å²) in [5.74, 6) is 0.510. The maximum Gasteiger partial charge on any atom is 0.307 e. The number of aliphatic carboxylic acids is 1. The second-order valence-corrected chi connectivity index (χ2v) is 5.72. The molecule has 0 fully saturated rings. The van der Waals surface area contributed by atoms with E-state index in [9.17, 15) is 4.79 Å². The molecule has 0 unspecified atom stereocenters. The first-order valence-corrected chi connectivity index (χ1v) is 8.04. The predicted octanol–water partition coefficient (Wildman–Crippen LogP) is 3.98. The summed E-state index contributed by atoms with van der Waals surface area (Å²) in [6, 6.07) is 9.13. The van der Waals surface area contributed by atoms with E-state index in [2.05, 4.69) is 22.2 Å². The Morgan fingerprint density at radius 2 is 1.96 bits per heavy atom. The number of hydrogen-bond donors (Lipinski definition) is 2. The molecule has 6 heteroatoms. The molecule has 25 heavy (non-hydrogen) atoms. The van der Waals surface area contributed by atoms with Crippen molar-refractivity contribution in [1.29, 1.82) is 0 Å². The molecule has 0 aliphatic carbocycles. The minimum absolute atomic E-state index is 0.0116. The van der Waals surface area contributed by atoms with Gasteiger partial charge in [-0.25, -0.2) is 9.97 Å². The van der Waals surface area contributed by atoms with E-state index in [1.807, 2.05) is 25.1 Å². The maximum absolute atomic E-state index is 10.8. The number of anilines is 2. The fourth-order valence-corrected chi connectivity index (χ4v) is 2.66. The van der Waals surface area contributed by atoms with Crippen molar-refractivity contribution in [2.45, 2.75) is 26.7 Å². The Morgan fingerprint density at radius 3 is 2.56 bits per heavy atom. The molecule has 2 aromatic heterocycles. The summed E-state index contributed by atoms with van der Waals surface area (Å²) in [6.45, 7) is 4.02. The van der Waals surface area contributed by atoms with E-state index >= 15 is 0 Å². The number of carboxylic acids is 1. The molecule has 2 N–H and O–H groups in total. The Kier molecular flexibility index (Phi) is 4.79. The van der Waals surface area contributed by atoms with Gasteiger partial charge in [0.25, 0.3) is 0 Å². The molecule has 0 amide bonds. The van der Waals surface area contributed by atoms with E-state index in [0.29, 0.717) is 5.82 Å². The summed E-state index contributed by atoms with van der Waals surface area (Å²) >= 11 is 0. The van der Waals surface area contributed by atoms with Gasteiger partial charge in [-0.15, -0.1) is 0 Å². The van der Waals surface area contributed by atoms with Gasteiger partial charge in [-0.2, -0.15) is 0 Å². The lowest BCUT2D eigenvalue weighted by molar-refractivity contribution is -0.136. The van der Waals surface area contributed by atoms with Crippen LogP contribution in [0.4, 0.5) is 11.5 Å². The van der Waals surface area contributed by atoms with Gasteiger partial charge in [0.1, 0.15) is 12.1 Å². The van der Waals surface area contributed by atoms with Gasteiger partial charge < -0.3 is 14.8 Å². The second kappa shape index (κ2) is 7.17. The van der Waals surface area contributed by atoms with Gasteiger partial charge >= 0.3 is 5.97 Å². The lowest BCUT2D eigenvalue weighted by Gasteiger charge is -2.14. The van der Waals surface area contributed by atoms with Gasteiger partial charge in [-0.3, -0.25) is 4.79 Å². The maximum atomic E-state index is 10.8. The number of nitrogens with one attached hydrogen (secondary N) is 1. The molecule has 3 rings (SSSR count). The van der Waals surface area contributed by atoms with Crippen LogP contribution in [0.3, 0.4) is 0 Å². The van der Waals surface area contributed by atoms with Crippen molar-refractivity contribution >= 4 is 17.5 Å². The van der Waals surface area contributed by atoms with E-state index in [-0.39, 0.29) is 6.42 Å². The van der Waals surface area contributed by atoms with Crippen LogP contribution in [0.1, 0.15) is 23.7 Å². The van der Waals surface area contributed by atoms with Crippen LogP contribution in [0.2, 0.25) is 0 Å². The van der Waals surface area contributed by atoms with Crippen LogP contribution in [-0.2, 0) is 17.6 Å². The fraction of sp³-hybridized carbons (Fsp3) is 0.211. The summed E-state index contributed by atoms with van der Waals surface area (Å²) in [5, 5.41) is 12.2. The molecular formula is C19H19N3O3. The zero-order valence-corrected chi connectivity index (χ0v) is 14.1. The summed E-state index contributed by atoms with van der Waals surface area (Å²) < 4.78 is 5.12. The third kappa shape index (κ3) is 3.85. The molecule has 0 saturated carbocycles. The molecule has 0 aliphatic rings. The number of aryl methyl sites for hydroxylation is 1. The highest BCUT2D eigenvalue weighted by Gasteiger charge is 2.13. The lowest BCUT2D eigenvalue weighted by atomic mass is 10.1. The molecule has 1 aromatic carbocycles. The van der Waals surface area contributed by atoms with Crippen molar-refractivity contribution in [1.82, 2.24) is 9.97 Å². The number of nitrogens with zero attached hydrogens (tertiary/aromatic N) is 2. The van der Waals surface area contributed by atoms with Crippen molar-refractivity contribution in [2.75, 3.05) is 5.32 Å². The molecule has 0 aliphatic heterocycles. The van der Waals surface area contributed by atoms with Crippen LogP contribution in [0.25, 0.3) is 11.4 Å². The monoisotopic (exact) mass is 337 g/mol. The molecule has 2 heterocycles. The molecule has 0 saturated heterocycles. The fourth-order valence-electron chi connectivity index (χ4n) is 2.66. The average Bonchev–Trinajstić information content (AvgIpc) is 3.10. The van der Waals surface area contributed by atoms with Crippen LogP contribution in [0, 0.1) is 6.92 Å². The Morgan fingerprint density at radius 1 is 1.20 bits per heavy atom. The molecule has 6 nitrogen and oxygen atoms in total. The SMILES string of the molecule is CCc1c(C)nc(-c2ccoc2)nc1Nc1ccc(CC(=O)O)cc1. The normalized spacial score (nSPS) is 10.6. The number of carboxylic acid groups (broad SMARTS) is 1. The molecule has 3 aromatic rings. The summed E-state index contributed by atoms with van der Waals surface area (Å²) in [5.41, 5.74) is 4.39. The number of aromatic nitrogens is 2. The van der Waals surface area contributed by atoms with E-state index < -0.39 is 5.97 Å². The number of hydrogen-bond acceptors (Lipinski definition) is 5. The van der Waals surface area contributed by atoms with E-state index in [0.717, 1.165) is 40.3 Å². The van der Waals surface area contributed by atoms with Gasteiger partial charge in [-0.05, 0) is 37.1 Å². The Labute approximate surface area is 145 Å². The van der Waals surface area contributed by atoms with Crippen LogP contribution >= 0.6 is 0 Å². The minimum atomic E-state index is -0.842. The highest BCUT2D eigenvalue weighted by atomic mass is 16.4. The molecular weight excluding hydrogens is 318 g/mol. The van der Waals surface area contributed by atoms with E-state index in [1.165, 1.54) is 0 Å². The number of rotatable bonds is 6. The van der Waals surface area contributed by atoms with Gasteiger partial charge in [0.2, 0.25) is 0 Å². The summed E-state index contributed by atoms with van der Waals surface area (Å²) in [7, 11) is 0. The van der Waals surface area contributed by atoms with Crippen LogP contribution in [-0.4, -0.2) is 21.0 Å². The van der Waals surface area contributed by atoms with Gasteiger partial charge in [0.15, 0.2) is 5.82 Å². The standard InChI is InChI=1S/C19H19N3O3/c1-3-16-12(2)20-18(14-8-9-25-11-14)22-19(16)21-15-6-4-13(5-7-15)10-17(23)24/h4-9,11H,3,10H2,1-2H3,(H,23,24)(H,20,21,22). The highest BCUT2D eigenvalue weighted by Crippen LogP contribution is 2.26. The zero-order chi connectivity index (χ0) is 17.8. The zero-order valence-electron chi connectivity index (χ0n) is 14.1. The second-order valence-electron chi connectivity index (χ2n) is 5.72. The lowest BCUT2D eigenvalue weighted by Crippen LogP contribution is -2.05. The van der Waals surface area contributed by atoms with Crippen LogP contribution < -0.4 is 5.32 Å². The van der Waals surface area contributed by atoms with E-state index in [1.54, 1.807) is 24.7 Å². The first-order chi connectivity index (χ1) is 12.1. The number of furan rings is 1. The first kappa shape index (κ1) is 16.7. The van der Waals surface area contributed by atoms with E-state index in [4.69, 9.17) is 9.52 Å². The minimum Gasteiger partial charge on any atom is -0.481 e. The largest absolute Gasteiger partial charge is 0.481 e. The summed E-state index contributed by atoms with van der Waals surface area (Å²) in [6.07, 6.45) is 4.02. The average molecular weight is 337 g/mol. The predicted molar refractivity (Wildman–Crippen MR) is 94.9 cm³/mol. The van der Waals surface area contributed by atoms with Crippen LogP contribution in [0.15, 0.2) is 47.3 Å². The van der Waals surface area contributed by atoms with Gasteiger partial charge in [0.05, 0.1) is 18.2 Å². The van der Waals surface area contributed by atoms with Crippen molar-refractivity contribution in [3.05, 3.63) is 59.7 Å². The molecule has 0 bridgehead atoms. The van der Waals surface area contributed by atoms with Gasteiger partial charge in [-0.1, -0.05) is 19.1 Å². The Balaban J connectivity index is 1.91. The van der Waals surface area contributed by atoms with Crippen molar-refractivity contribution in [2.24, 2.45) is 0 Å². The Bertz CT molecular complexity index is 872. The molecule has 0 spiro atoms. The molecule has 0 atom stereocenters. The van der Waals surface area contributed by atoms with Crippen molar-refractivity contribution in [3.63, 3.8) is 0 Å².